The number of anilines is 3. The summed E-state index contributed by atoms with van der Waals surface area (Å²) in [6.45, 7) is 4.38. The fourth-order valence-electron chi connectivity index (χ4n) is 5.05. The normalized spacial score (nSPS) is 19.6. The van der Waals surface area contributed by atoms with Crippen molar-refractivity contribution in [3.63, 3.8) is 0 Å². The highest BCUT2D eigenvalue weighted by molar-refractivity contribution is 5.94. The van der Waals surface area contributed by atoms with Crippen LogP contribution < -0.4 is 21.3 Å². The van der Waals surface area contributed by atoms with Gasteiger partial charge in [-0.1, -0.05) is 0 Å². The molecule has 5 N–H and O–H groups in total. The number of amides is 1. The molecule has 0 spiro atoms. The Labute approximate surface area is 210 Å². The quantitative estimate of drug-likeness (QED) is 0.305. The van der Waals surface area contributed by atoms with E-state index in [0.717, 1.165) is 42.9 Å². The van der Waals surface area contributed by atoms with Gasteiger partial charge in [0.15, 0.2) is 0 Å². The Balaban J connectivity index is 1.21. The molecule has 10 heteroatoms. The van der Waals surface area contributed by atoms with Crippen LogP contribution in [0.1, 0.15) is 41.4 Å². The first-order chi connectivity index (χ1) is 17.4. The molecular weight excluding hydrogens is 458 g/mol. The van der Waals surface area contributed by atoms with Gasteiger partial charge < -0.3 is 25.5 Å². The van der Waals surface area contributed by atoms with E-state index in [2.05, 4.69) is 27.6 Å². The van der Waals surface area contributed by atoms with Crippen molar-refractivity contribution >= 4 is 23.2 Å². The number of fused-ring (bicyclic) bond motifs is 1. The second-order valence-corrected chi connectivity index (χ2v) is 9.36. The van der Waals surface area contributed by atoms with Crippen LogP contribution in [0, 0.1) is 0 Å². The highest BCUT2D eigenvalue weighted by atomic mass is 16.5. The third-order valence-electron chi connectivity index (χ3n) is 6.99. The first-order valence-corrected chi connectivity index (χ1v) is 12.0. The molecule has 2 aliphatic heterocycles. The predicted octanol–water partition coefficient (Wildman–Crippen LogP) is 3.23. The summed E-state index contributed by atoms with van der Waals surface area (Å²) in [5.41, 5.74) is 6.81. The van der Waals surface area contributed by atoms with Gasteiger partial charge in [0.2, 0.25) is 5.95 Å². The number of nitrogens with two attached hydrogens (primary N) is 1. The fourth-order valence-corrected chi connectivity index (χ4v) is 5.05. The molecule has 0 bridgehead atoms. The van der Waals surface area contributed by atoms with E-state index in [0.29, 0.717) is 35.5 Å². The van der Waals surface area contributed by atoms with E-state index in [1.165, 1.54) is 0 Å². The molecule has 0 aliphatic carbocycles. The van der Waals surface area contributed by atoms with Crippen LogP contribution >= 0.6 is 0 Å². The van der Waals surface area contributed by atoms with Crippen molar-refractivity contribution in [3.05, 3.63) is 65.5 Å². The van der Waals surface area contributed by atoms with Crippen molar-refractivity contribution in [1.82, 2.24) is 19.8 Å². The molecule has 1 aromatic heterocycles. The Morgan fingerprint density at radius 1 is 1.17 bits per heavy atom. The average molecular weight is 490 g/mol. The summed E-state index contributed by atoms with van der Waals surface area (Å²) in [7, 11) is 1.55. The van der Waals surface area contributed by atoms with Crippen molar-refractivity contribution < 1.29 is 14.6 Å². The number of phenols is 1. The number of benzene rings is 2. The second-order valence-electron chi connectivity index (χ2n) is 9.36. The summed E-state index contributed by atoms with van der Waals surface area (Å²) in [6, 6.07) is 12.7. The maximum Gasteiger partial charge on any atom is 0.254 e. The van der Waals surface area contributed by atoms with Gasteiger partial charge in [0, 0.05) is 78.6 Å². The van der Waals surface area contributed by atoms with Crippen molar-refractivity contribution in [2.24, 2.45) is 5.84 Å². The van der Waals surface area contributed by atoms with Crippen LogP contribution in [-0.2, 0) is 13.1 Å². The summed E-state index contributed by atoms with van der Waals surface area (Å²) in [4.78, 5) is 26.7. The number of phenolic OH excluding ortho intramolecular Hbond substituents is 1. The molecule has 1 amide bonds. The van der Waals surface area contributed by atoms with Crippen LogP contribution in [0.4, 0.5) is 17.3 Å². The number of nitrogens with one attached hydrogen (secondary N) is 2. The lowest BCUT2D eigenvalue weighted by Gasteiger charge is -2.41. The minimum absolute atomic E-state index is 0.0550. The van der Waals surface area contributed by atoms with Crippen LogP contribution in [0.3, 0.4) is 0 Å². The maximum atomic E-state index is 13.1. The number of nitrogens with zero attached hydrogens (tertiary/aromatic N) is 4. The molecule has 2 aliphatic rings. The summed E-state index contributed by atoms with van der Waals surface area (Å²) >= 11 is 0. The SMILES string of the molecule is COc1cc(O)cc(Nc2ncc3c(n2)CN([C@@H]2CCN(C(=O)c4ccc(NN)cc4)[C@H](C)C2)C3)c1. The molecule has 3 aromatic rings. The number of piperidine rings is 1. The van der Waals surface area contributed by atoms with Gasteiger partial charge in [-0.05, 0) is 44.0 Å². The van der Waals surface area contributed by atoms with Gasteiger partial charge in [-0.2, -0.15) is 0 Å². The molecule has 10 nitrogen and oxygen atoms in total. The number of methoxy groups -OCH3 is 1. The maximum absolute atomic E-state index is 13.1. The van der Waals surface area contributed by atoms with E-state index in [9.17, 15) is 9.90 Å². The third-order valence-corrected chi connectivity index (χ3v) is 6.99. The number of carbonyl (C=O) groups is 1. The zero-order valence-electron chi connectivity index (χ0n) is 20.4. The predicted molar refractivity (Wildman–Crippen MR) is 137 cm³/mol. The molecule has 188 valence electrons. The summed E-state index contributed by atoms with van der Waals surface area (Å²) in [5, 5.41) is 13.1. The Bertz CT molecular complexity index is 1250. The number of ether oxygens (including phenoxy) is 1. The minimum Gasteiger partial charge on any atom is -0.508 e. The van der Waals surface area contributed by atoms with Crippen LogP contribution in [0.5, 0.6) is 11.5 Å². The number of aromatic hydroxyl groups is 1. The van der Waals surface area contributed by atoms with E-state index in [4.69, 9.17) is 15.6 Å². The number of hydrogen-bond donors (Lipinski definition) is 4. The first-order valence-electron chi connectivity index (χ1n) is 12.0. The largest absolute Gasteiger partial charge is 0.508 e. The van der Waals surface area contributed by atoms with E-state index in [1.54, 1.807) is 25.3 Å². The molecule has 0 radical (unpaired) electrons. The van der Waals surface area contributed by atoms with Crippen molar-refractivity contribution in [2.45, 2.75) is 44.9 Å². The van der Waals surface area contributed by atoms with Crippen molar-refractivity contribution in [3.8, 4) is 11.5 Å². The Kier molecular flexibility index (Phi) is 6.62. The molecule has 0 unspecified atom stereocenters. The Hall–Kier alpha value is -3.89. The number of nitrogen functional groups attached to an aromatic ring is 1. The molecule has 2 atom stereocenters. The van der Waals surface area contributed by atoms with Gasteiger partial charge in [-0.25, -0.2) is 9.97 Å². The van der Waals surface area contributed by atoms with Crippen LogP contribution in [0.15, 0.2) is 48.7 Å². The monoisotopic (exact) mass is 489 g/mol. The summed E-state index contributed by atoms with van der Waals surface area (Å²) in [5.74, 6) is 6.62. The molecule has 36 heavy (non-hydrogen) atoms. The fraction of sp³-hybridized carbons (Fsp3) is 0.346. The average Bonchev–Trinajstić information content (AvgIpc) is 3.31. The molecule has 5 rings (SSSR count). The van der Waals surface area contributed by atoms with E-state index < -0.39 is 0 Å². The topological polar surface area (TPSA) is 129 Å². The lowest BCUT2D eigenvalue weighted by molar-refractivity contribution is 0.0460. The zero-order valence-corrected chi connectivity index (χ0v) is 20.4. The van der Waals surface area contributed by atoms with E-state index in [-0.39, 0.29) is 17.7 Å². The van der Waals surface area contributed by atoms with Crippen LogP contribution in [0.2, 0.25) is 0 Å². The summed E-state index contributed by atoms with van der Waals surface area (Å²) < 4.78 is 5.21. The standard InChI is InChI=1S/C26H31N7O3/c1-16-9-21(7-8-33(16)25(35)17-3-5-19(31-27)6-4-17)32-14-18-13-28-26(30-24(18)15-32)29-20-10-22(34)12-23(11-20)36-2/h3-6,10-13,16,21,31,34H,7-9,14-15,27H2,1-2H3,(H,28,29,30)/t16-,21-/m1/s1. The highest BCUT2D eigenvalue weighted by Crippen LogP contribution is 2.31. The van der Waals surface area contributed by atoms with Crippen LogP contribution in [-0.4, -0.2) is 56.5 Å². The summed E-state index contributed by atoms with van der Waals surface area (Å²) in [6.07, 6.45) is 3.69. The number of hydrogen-bond acceptors (Lipinski definition) is 9. The highest BCUT2D eigenvalue weighted by Gasteiger charge is 2.35. The van der Waals surface area contributed by atoms with Crippen LogP contribution in [0.25, 0.3) is 0 Å². The molecule has 1 saturated heterocycles. The Morgan fingerprint density at radius 3 is 2.69 bits per heavy atom. The van der Waals surface area contributed by atoms with E-state index in [1.807, 2.05) is 35.4 Å². The lowest BCUT2D eigenvalue weighted by Crippen LogP contribution is -2.50. The third kappa shape index (κ3) is 4.91. The van der Waals surface area contributed by atoms with Gasteiger partial charge in [0.1, 0.15) is 11.5 Å². The number of hydrazine groups is 1. The first kappa shape index (κ1) is 23.8. The van der Waals surface area contributed by atoms with Gasteiger partial charge in [-0.3, -0.25) is 15.5 Å². The molecule has 1 fully saturated rings. The van der Waals surface area contributed by atoms with Crippen molar-refractivity contribution in [1.29, 1.82) is 0 Å². The lowest BCUT2D eigenvalue weighted by atomic mass is 9.96. The zero-order chi connectivity index (χ0) is 25.2. The number of aromatic nitrogens is 2. The Morgan fingerprint density at radius 2 is 1.97 bits per heavy atom. The number of likely N-dealkylation sites (tertiary alicyclic amines) is 1. The number of rotatable bonds is 6. The van der Waals surface area contributed by atoms with E-state index >= 15 is 0 Å². The van der Waals surface area contributed by atoms with Gasteiger partial charge in [0.25, 0.3) is 5.91 Å². The number of carbonyl (C=O) groups excluding carboxylic acids is 1. The van der Waals surface area contributed by atoms with Gasteiger partial charge >= 0.3 is 0 Å². The second kappa shape index (κ2) is 10.00. The van der Waals surface area contributed by atoms with Gasteiger partial charge in [0.05, 0.1) is 12.8 Å². The van der Waals surface area contributed by atoms with Crippen molar-refractivity contribution in [2.75, 3.05) is 24.4 Å². The van der Waals surface area contributed by atoms with Gasteiger partial charge in [-0.15, -0.1) is 0 Å². The molecule has 2 aromatic carbocycles. The molecule has 3 heterocycles. The molecular formula is C26H31N7O3. The smallest absolute Gasteiger partial charge is 0.254 e. The molecule has 0 saturated carbocycles. The minimum atomic E-state index is 0.0550.